The van der Waals surface area contributed by atoms with Gasteiger partial charge in [-0.05, 0) is 44.7 Å². The van der Waals surface area contributed by atoms with Crippen LogP contribution in [0.3, 0.4) is 0 Å². The fraction of sp³-hybridized carbons (Fsp3) is 0.200. The molecular formula is C20H23N3O2. The monoisotopic (exact) mass is 337 g/mol. The van der Waals surface area contributed by atoms with Gasteiger partial charge in [0.1, 0.15) is 22.9 Å². The summed E-state index contributed by atoms with van der Waals surface area (Å²) in [6.07, 6.45) is 0. The summed E-state index contributed by atoms with van der Waals surface area (Å²) in [6.45, 7) is 0. The van der Waals surface area contributed by atoms with Gasteiger partial charge in [0.2, 0.25) is 0 Å². The molecule has 0 aliphatic rings. The number of hydrogen-bond donors (Lipinski definition) is 1. The molecule has 0 aromatic heterocycles. The van der Waals surface area contributed by atoms with Crippen LogP contribution >= 0.6 is 0 Å². The highest BCUT2D eigenvalue weighted by atomic mass is 16.5. The number of phenolic OH excluding ortho intramolecular Hbond substituents is 1. The van der Waals surface area contributed by atoms with Crippen LogP contribution in [0.4, 0.5) is 11.4 Å². The highest BCUT2D eigenvalue weighted by Gasteiger charge is 2.06. The highest BCUT2D eigenvalue weighted by Crippen LogP contribution is 2.37. The first-order valence-electron chi connectivity index (χ1n) is 7.89. The molecule has 0 atom stereocenters. The Morgan fingerprint density at radius 2 is 1.48 bits per heavy atom. The number of benzene rings is 3. The molecule has 1 N–H and O–H groups in total. The Hall–Kier alpha value is -2.92. The smallest absolute Gasteiger partial charge is 0.146 e. The lowest BCUT2D eigenvalue weighted by atomic mass is 10.1. The van der Waals surface area contributed by atoms with E-state index in [4.69, 9.17) is 4.74 Å². The van der Waals surface area contributed by atoms with Gasteiger partial charge in [0.25, 0.3) is 0 Å². The molecule has 3 rings (SSSR count). The number of rotatable bonds is 3. The molecule has 130 valence electrons. The van der Waals surface area contributed by atoms with Gasteiger partial charge in [-0.25, -0.2) is 0 Å². The molecule has 5 nitrogen and oxygen atoms in total. The Bertz CT molecular complexity index is 858. The van der Waals surface area contributed by atoms with Gasteiger partial charge in [0, 0.05) is 5.39 Å². The summed E-state index contributed by atoms with van der Waals surface area (Å²) in [4.78, 5) is 2.00. The largest absolute Gasteiger partial charge is 0.506 e. The lowest BCUT2D eigenvalue weighted by molar-refractivity contribution is 0.416. The Kier molecular flexibility index (Phi) is 6.48. The Morgan fingerprint density at radius 3 is 2.20 bits per heavy atom. The van der Waals surface area contributed by atoms with Gasteiger partial charge >= 0.3 is 0 Å². The quantitative estimate of drug-likeness (QED) is 0.673. The third-order valence-electron chi connectivity index (χ3n) is 3.22. The summed E-state index contributed by atoms with van der Waals surface area (Å²) in [5.74, 6) is 0.744. The molecule has 0 amide bonds. The molecule has 0 unspecified atom stereocenters. The maximum atomic E-state index is 10.0. The van der Waals surface area contributed by atoms with Crippen molar-refractivity contribution in [1.29, 1.82) is 0 Å². The molecular weight excluding hydrogens is 314 g/mol. The van der Waals surface area contributed by atoms with Crippen LogP contribution in [0.25, 0.3) is 10.8 Å². The zero-order valence-electron chi connectivity index (χ0n) is 15.0. The first-order valence-corrected chi connectivity index (χ1v) is 7.89. The molecule has 0 spiro atoms. The third-order valence-corrected chi connectivity index (χ3v) is 3.22. The van der Waals surface area contributed by atoms with Crippen LogP contribution in [-0.4, -0.2) is 38.3 Å². The Balaban J connectivity index is 0.000000511. The minimum absolute atomic E-state index is 0.104. The molecule has 3 aromatic carbocycles. The van der Waals surface area contributed by atoms with E-state index >= 15 is 0 Å². The Morgan fingerprint density at radius 1 is 0.840 bits per heavy atom. The zero-order chi connectivity index (χ0) is 18.2. The van der Waals surface area contributed by atoms with Gasteiger partial charge in [-0.1, -0.05) is 42.5 Å². The van der Waals surface area contributed by atoms with Gasteiger partial charge in [0.05, 0.1) is 7.11 Å². The van der Waals surface area contributed by atoms with E-state index in [1.54, 1.807) is 13.2 Å². The molecule has 0 saturated carbocycles. The van der Waals surface area contributed by atoms with E-state index < -0.39 is 0 Å². The lowest BCUT2D eigenvalue weighted by Gasteiger charge is -2.05. The van der Waals surface area contributed by atoms with E-state index in [1.807, 2.05) is 80.6 Å². The number of ether oxygens (including phenoxy) is 1. The van der Waals surface area contributed by atoms with Crippen molar-refractivity contribution in [2.45, 2.75) is 0 Å². The summed E-state index contributed by atoms with van der Waals surface area (Å²) in [6, 6.07) is 18.6. The topological polar surface area (TPSA) is 57.4 Å². The first-order chi connectivity index (χ1) is 12.0. The van der Waals surface area contributed by atoms with Crippen molar-refractivity contribution in [3.8, 4) is 11.5 Å². The molecule has 0 saturated heterocycles. The van der Waals surface area contributed by atoms with E-state index in [0.29, 0.717) is 17.1 Å². The van der Waals surface area contributed by atoms with Crippen LogP contribution in [0.5, 0.6) is 11.5 Å². The summed E-state index contributed by atoms with van der Waals surface area (Å²) >= 11 is 0. The molecule has 0 bridgehead atoms. The summed E-state index contributed by atoms with van der Waals surface area (Å²) in [5, 5.41) is 20.3. The van der Waals surface area contributed by atoms with Crippen molar-refractivity contribution in [3.63, 3.8) is 0 Å². The number of phenols is 1. The highest BCUT2D eigenvalue weighted by molar-refractivity contribution is 5.95. The predicted molar refractivity (Wildman–Crippen MR) is 102 cm³/mol. The molecule has 0 radical (unpaired) electrons. The number of para-hydroxylation sites is 1. The van der Waals surface area contributed by atoms with E-state index in [9.17, 15) is 5.11 Å². The lowest BCUT2D eigenvalue weighted by Crippen LogP contribution is -1.99. The molecule has 0 heterocycles. The van der Waals surface area contributed by atoms with Gasteiger partial charge in [-0.3, -0.25) is 0 Å². The molecule has 0 fully saturated rings. The van der Waals surface area contributed by atoms with Crippen molar-refractivity contribution >= 4 is 22.1 Å². The first kappa shape index (κ1) is 18.4. The second-order valence-corrected chi connectivity index (χ2v) is 5.87. The molecule has 3 aromatic rings. The van der Waals surface area contributed by atoms with Gasteiger partial charge < -0.3 is 14.7 Å². The fourth-order valence-corrected chi connectivity index (χ4v) is 2.16. The molecule has 5 heteroatoms. The van der Waals surface area contributed by atoms with Crippen molar-refractivity contribution in [2.24, 2.45) is 10.2 Å². The normalized spacial score (nSPS) is 10.8. The van der Waals surface area contributed by atoms with Crippen LogP contribution < -0.4 is 4.74 Å². The average Bonchev–Trinajstić information content (AvgIpc) is 2.60. The molecule has 25 heavy (non-hydrogen) atoms. The van der Waals surface area contributed by atoms with Crippen LogP contribution in [-0.2, 0) is 0 Å². The van der Waals surface area contributed by atoms with Crippen LogP contribution in [0.1, 0.15) is 0 Å². The van der Waals surface area contributed by atoms with Gasteiger partial charge in [0.15, 0.2) is 0 Å². The number of azo groups is 1. The summed E-state index contributed by atoms with van der Waals surface area (Å²) < 4.78 is 5.24. The molecule has 0 aliphatic carbocycles. The SMILES string of the molecule is CN(C)C.COc1ccccc1N=Nc1c(O)ccc2ccccc12. The minimum Gasteiger partial charge on any atom is -0.506 e. The summed E-state index contributed by atoms with van der Waals surface area (Å²) in [7, 11) is 7.59. The average molecular weight is 337 g/mol. The van der Waals surface area contributed by atoms with Gasteiger partial charge in [-0.15, -0.1) is 10.2 Å². The van der Waals surface area contributed by atoms with E-state index in [0.717, 1.165) is 10.8 Å². The predicted octanol–water partition coefficient (Wildman–Crippen LogP) is 5.15. The standard InChI is InChI=1S/C17H14N2O2.C3H9N/c1-21-16-9-5-4-8-14(16)18-19-17-13-7-3-2-6-12(13)10-11-15(17)20;1-4(2)3/h2-11,20H,1H3;1-3H3. The number of hydrogen-bond acceptors (Lipinski definition) is 5. The third kappa shape index (κ3) is 5.02. The van der Waals surface area contributed by atoms with Gasteiger partial charge in [-0.2, -0.15) is 0 Å². The van der Waals surface area contributed by atoms with Crippen molar-refractivity contribution < 1.29 is 9.84 Å². The minimum atomic E-state index is 0.104. The van der Waals surface area contributed by atoms with E-state index in [-0.39, 0.29) is 5.75 Å². The van der Waals surface area contributed by atoms with Crippen molar-refractivity contribution in [3.05, 3.63) is 60.7 Å². The van der Waals surface area contributed by atoms with Crippen LogP contribution in [0.2, 0.25) is 0 Å². The number of aromatic hydroxyl groups is 1. The summed E-state index contributed by atoms with van der Waals surface area (Å²) in [5.41, 5.74) is 1.08. The van der Waals surface area contributed by atoms with E-state index in [2.05, 4.69) is 10.2 Å². The maximum absolute atomic E-state index is 10.0. The second kappa shape index (κ2) is 8.80. The van der Waals surface area contributed by atoms with Crippen molar-refractivity contribution in [1.82, 2.24) is 4.90 Å². The Labute approximate surface area is 148 Å². The zero-order valence-corrected chi connectivity index (χ0v) is 15.0. The van der Waals surface area contributed by atoms with Crippen molar-refractivity contribution in [2.75, 3.05) is 28.3 Å². The second-order valence-electron chi connectivity index (χ2n) is 5.87. The maximum Gasteiger partial charge on any atom is 0.146 e. The number of fused-ring (bicyclic) bond motifs is 1. The van der Waals surface area contributed by atoms with E-state index in [1.165, 1.54) is 0 Å². The number of methoxy groups -OCH3 is 1. The molecule has 0 aliphatic heterocycles. The fourth-order valence-electron chi connectivity index (χ4n) is 2.16. The van der Waals surface area contributed by atoms with Crippen LogP contribution in [0.15, 0.2) is 70.9 Å². The van der Waals surface area contributed by atoms with Crippen LogP contribution in [0, 0.1) is 0 Å². The number of nitrogens with zero attached hydrogens (tertiary/aromatic N) is 3.